The molecule has 0 heterocycles. The quantitative estimate of drug-likeness (QED) is 0.317. The number of rotatable bonds is 9. The molecule has 7 heteroatoms. The van der Waals surface area contributed by atoms with Crippen LogP contribution in [-0.2, 0) is 19.1 Å². The van der Waals surface area contributed by atoms with Gasteiger partial charge in [-0.3, -0.25) is 4.79 Å². The van der Waals surface area contributed by atoms with Gasteiger partial charge in [0, 0.05) is 13.7 Å². The van der Waals surface area contributed by atoms with Gasteiger partial charge in [0.2, 0.25) is 0 Å². The molecule has 0 aliphatic carbocycles. The highest BCUT2D eigenvalue weighted by Gasteiger charge is 2.08. The molecule has 0 aliphatic rings. The average molecular weight is 332 g/mol. The predicted molar refractivity (Wildman–Crippen MR) is 87.0 cm³/mol. The third-order valence-corrected chi connectivity index (χ3v) is 2.81. The standard InChI is InChI=1S/C17H20N2O5/c1-3-23-16(20)12-24-15-6-4-13(5-7-15)10-14(11-18)17(21)19-8-9-22-2/h4-7,10H,3,8-9,12H2,1-2H3,(H,19,21)/b14-10+. The van der Waals surface area contributed by atoms with Crippen LogP contribution in [0.25, 0.3) is 6.08 Å². The molecule has 0 saturated carbocycles. The van der Waals surface area contributed by atoms with Gasteiger partial charge in [0.1, 0.15) is 17.4 Å². The second kappa shape index (κ2) is 10.8. The number of amides is 1. The monoisotopic (exact) mass is 332 g/mol. The molecule has 0 bridgehead atoms. The molecule has 0 fully saturated rings. The minimum atomic E-state index is -0.461. The number of nitrogens with zero attached hydrogens (tertiary/aromatic N) is 1. The van der Waals surface area contributed by atoms with E-state index in [1.807, 2.05) is 6.07 Å². The first-order valence-electron chi connectivity index (χ1n) is 7.38. The molecule has 1 N–H and O–H groups in total. The van der Waals surface area contributed by atoms with E-state index in [-0.39, 0.29) is 12.2 Å². The molecular weight excluding hydrogens is 312 g/mol. The lowest BCUT2D eigenvalue weighted by atomic mass is 10.1. The first-order chi connectivity index (χ1) is 11.6. The summed E-state index contributed by atoms with van der Waals surface area (Å²) in [6.45, 7) is 2.55. The average Bonchev–Trinajstić information content (AvgIpc) is 2.59. The van der Waals surface area contributed by atoms with E-state index in [4.69, 9.17) is 19.5 Å². The van der Waals surface area contributed by atoms with Crippen molar-refractivity contribution in [1.82, 2.24) is 5.32 Å². The lowest BCUT2D eigenvalue weighted by Crippen LogP contribution is -2.27. The van der Waals surface area contributed by atoms with Crippen molar-refractivity contribution in [3.63, 3.8) is 0 Å². The molecule has 0 atom stereocenters. The first kappa shape index (κ1) is 19.2. The molecule has 0 aromatic heterocycles. The molecule has 1 aromatic rings. The molecule has 0 radical (unpaired) electrons. The molecule has 24 heavy (non-hydrogen) atoms. The van der Waals surface area contributed by atoms with Gasteiger partial charge in [-0.15, -0.1) is 0 Å². The van der Waals surface area contributed by atoms with Crippen molar-refractivity contribution in [1.29, 1.82) is 5.26 Å². The summed E-state index contributed by atoms with van der Waals surface area (Å²) < 4.78 is 14.9. The number of ether oxygens (including phenoxy) is 3. The van der Waals surface area contributed by atoms with Crippen LogP contribution in [0, 0.1) is 11.3 Å². The fraction of sp³-hybridized carbons (Fsp3) is 0.353. The van der Waals surface area contributed by atoms with Crippen molar-refractivity contribution in [2.24, 2.45) is 0 Å². The van der Waals surface area contributed by atoms with E-state index < -0.39 is 11.9 Å². The van der Waals surface area contributed by atoms with Crippen molar-refractivity contribution in [2.45, 2.75) is 6.92 Å². The Labute approximate surface area is 140 Å². The summed E-state index contributed by atoms with van der Waals surface area (Å²) in [5.41, 5.74) is 0.656. The van der Waals surface area contributed by atoms with Crippen LogP contribution in [0.4, 0.5) is 0 Å². The van der Waals surface area contributed by atoms with Gasteiger partial charge < -0.3 is 19.5 Å². The maximum atomic E-state index is 11.8. The molecule has 0 unspecified atom stereocenters. The molecule has 0 spiro atoms. The number of methoxy groups -OCH3 is 1. The van der Waals surface area contributed by atoms with Crippen molar-refractivity contribution in [3.8, 4) is 11.8 Å². The van der Waals surface area contributed by atoms with Crippen LogP contribution >= 0.6 is 0 Å². The second-order valence-corrected chi connectivity index (χ2v) is 4.58. The van der Waals surface area contributed by atoms with E-state index >= 15 is 0 Å². The van der Waals surface area contributed by atoms with Gasteiger partial charge >= 0.3 is 5.97 Å². The highest BCUT2D eigenvalue weighted by atomic mass is 16.6. The van der Waals surface area contributed by atoms with Gasteiger partial charge in [0.25, 0.3) is 5.91 Å². The largest absolute Gasteiger partial charge is 0.482 e. The van der Waals surface area contributed by atoms with Crippen molar-refractivity contribution < 1.29 is 23.8 Å². The number of hydrogen-bond donors (Lipinski definition) is 1. The summed E-state index contributed by atoms with van der Waals surface area (Å²) in [4.78, 5) is 23.0. The van der Waals surface area contributed by atoms with E-state index in [1.54, 1.807) is 31.2 Å². The van der Waals surface area contributed by atoms with E-state index in [2.05, 4.69) is 5.32 Å². The van der Waals surface area contributed by atoms with Crippen molar-refractivity contribution in [3.05, 3.63) is 35.4 Å². The lowest BCUT2D eigenvalue weighted by Gasteiger charge is -2.06. The van der Waals surface area contributed by atoms with Crippen LogP contribution < -0.4 is 10.1 Å². The van der Waals surface area contributed by atoms with E-state index in [0.29, 0.717) is 31.1 Å². The second-order valence-electron chi connectivity index (χ2n) is 4.58. The van der Waals surface area contributed by atoms with Crippen LogP contribution in [0.15, 0.2) is 29.8 Å². The summed E-state index contributed by atoms with van der Waals surface area (Å²) in [5, 5.41) is 11.7. The molecule has 1 amide bonds. The zero-order valence-electron chi connectivity index (χ0n) is 13.7. The normalized spacial score (nSPS) is 10.6. The smallest absolute Gasteiger partial charge is 0.344 e. The SMILES string of the molecule is CCOC(=O)COc1ccc(/C=C(\C#N)C(=O)NCCOC)cc1. The lowest BCUT2D eigenvalue weighted by molar-refractivity contribution is -0.145. The number of nitrogens with one attached hydrogen (secondary N) is 1. The van der Waals surface area contributed by atoms with Gasteiger partial charge in [-0.2, -0.15) is 5.26 Å². The highest BCUT2D eigenvalue weighted by molar-refractivity contribution is 6.01. The van der Waals surface area contributed by atoms with Crippen LogP contribution in [0.1, 0.15) is 12.5 Å². The zero-order valence-corrected chi connectivity index (χ0v) is 13.7. The number of hydrogen-bond acceptors (Lipinski definition) is 6. The number of carbonyl (C=O) groups is 2. The molecular formula is C17H20N2O5. The fourth-order valence-corrected chi connectivity index (χ4v) is 1.68. The minimum Gasteiger partial charge on any atom is -0.482 e. The van der Waals surface area contributed by atoms with Gasteiger partial charge in [-0.25, -0.2) is 4.79 Å². The van der Waals surface area contributed by atoms with Gasteiger partial charge in [0.05, 0.1) is 13.2 Å². The maximum absolute atomic E-state index is 11.8. The van der Waals surface area contributed by atoms with Gasteiger partial charge in [0.15, 0.2) is 6.61 Å². The van der Waals surface area contributed by atoms with Crippen LogP contribution in [-0.4, -0.2) is 45.4 Å². The Bertz CT molecular complexity index is 617. The Morgan fingerprint density at radius 2 is 2.00 bits per heavy atom. The van der Waals surface area contributed by atoms with Crippen molar-refractivity contribution in [2.75, 3.05) is 33.5 Å². The predicted octanol–water partition coefficient (Wildman–Crippen LogP) is 1.30. The van der Waals surface area contributed by atoms with Crippen LogP contribution in [0.3, 0.4) is 0 Å². The molecule has 1 rings (SSSR count). The van der Waals surface area contributed by atoms with E-state index in [9.17, 15) is 9.59 Å². The first-order valence-corrected chi connectivity index (χ1v) is 7.38. The van der Waals surface area contributed by atoms with Crippen LogP contribution in [0.5, 0.6) is 5.75 Å². The van der Waals surface area contributed by atoms with Gasteiger partial charge in [-0.05, 0) is 30.7 Å². The summed E-state index contributed by atoms with van der Waals surface area (Å²) in [5.74, 6) is -0.415. The topological polar surface area (TPSA) is 97.7 Å². The van der Waals surface area contributed by atoms with E-state index in [0.717, 1.165) is 0 Å². The summed E-state index contributed by atoms with van der Waals surface area (Å²) in [7, 11) is 1.53. The number of carbonyl (C=O) groups excluding carboxylic acids is 2. The Balaban J connectivity index is 2.64. The van der Waals surface area contributed by atoms with Crippen LogP contribution in [0.2, 0.25) is 0 Å². The Morgan fingerprint density at radius 1 is 1.29 bits per heavy atom. The maximum Gasteiger partial charge on any atom is 0.344 e. The fourth-order valence-electron chi connectivity index (χ4n) is 1.68. The summed E-state index contributed by atoms with van der Waals surface area (Å²) >= 11 is 0. The number of benzene rings is 1. The summed E-state index contributed by atoms with van der Waals surface area (Å²) in [6.07, 6.45) is 1.47. The zero-order chi connectivity index (χ0) is 17.8. The molecule has 7 nitrogen and oxygen atoms in total. The summed E-state index contributed by atoms with van der Waals surface area (Å²) in [6, 6.07) is 8.51. The Morgan fingerprint density at radius 3 is 2.58 bits per heavy atom. The Kier molecular flexibility index (Phi) is 8.64. The van der Waals surface area contributed by atoms with E-state index in [1.165, 1.54) is 13.2 Å². The minimum absolute atomic E-state index is 0.00806. The molecule has 0 aliphatic heterocycles. The molecule has 0 saturated heterocycles. The third-order valence-electron chi connectivity index (χ3n) is 2.81. The molecule has 1 aromatic carbocycles. The Hall–Kier alpha value is -2.85. The third kappa shape index (κ3) is 6.94. The number of nitriles is 1. The van der Waals surface area contributed by atoms with Gasteiger partial charge in [-0.1, -0.05) is 12.1 Å². The number of esters is 1. The highest BCUT2D eigenvalue weighted by Crippen LogP contribution is 2.14. The van der Waals surface area contributed by atoms with Crippen molar-refractivity contribution >= 4 is 18.0 Å². The molecule has 128 valence electrons.